The summed E-state index contributed by atoms with van der Waals surface area (Å²) in [6, 6.07) is 3.20. The van der Waals surface area contributed by atoms with Crippen LogP contribution >= 0.6 is 0 Å². The number of aliphatic carboxylic acids is 1. The molecule has 1 rings (SSSR count). The molecule has 74 valence electrons. The van der Waals surface area contributed by atoms with E-state index in [0.29, 0.717) is 0 Å². The van der Waals surface area contributed by atoms with Crippen LogP contribution < -0.4 is 0 Å². The van der Waals surface area contributed by atoms with Gasteiger partial charge in [0.15, 0.2) is 0 Å². The van der Waals surface area contributed by atoms with Gasteiger partial charge in [0.05, 0.1) is 0 Å². The maximum atomic E-state index is 12.9. The smallest absolute Gasteiger partial charge is 0.377 e. The van der Waals surface area contributed by atoms with Crippen molar-refractivity contribution in [1.82, 2.24) is 0 Å². The summed E-state index contributed by atoms with van der Waals surface area (Å²) in [5.41, 5.74) is -0.958. The summed E-state index contributed by atoms with van der Waals surface area (Å²) in [7, 11) is 0. The Hall–Kier alpha value is -1.78. The van der Waals surface area contributed by atoms with E-state index in [4.69, 9.17) is 5.11 Å². The molecule has 1 aromatic carbocycles. The number of carbonyl (C=O) groups excluding carboxylic acids is 1. The Bertz CT molecular complexity index is 388. The summed E-state index contributed by atoms with van der Waals surface area (Å²) in [6.45, 7) is -1.21. The third-order valence-electron chi connectivity index (χ3n) is 1.69. The SMILES string of the molecule is O=C(O)C(=O)c1cccc(F)c1CF. The van der Waals surface area contributed by atoms with Crippen LogP contribution in [0.15, 0.2) is 18.2 Å². The number of carboxylic acid groups (broad SMARTS) is 1. The van der Waals surface area contributed by atoms with Gasteiger partial charge in [0.2, 0.25) is 0 Å². The second kappa shape index (κ2) is 3.95. The van der Waals surface area contributed by atoms with Crippen LogP contribution in [-0.4, -0.2) is 16.9 Å². The first-order chi connectivity index (χ1) is 6.57. The topological polar surface area (TPSA) is 54.4 Å². The number of halogens is 2. The van der Waals surface area contributed by atoms with Crippen LogP contribution in [0.4, 0.5) is 8.78 Å². The van der Waals surface area contributed by atoms with Crippen LogP contribution in [0.25, 0.3) is 0 Å². The molecule has 0 saturated carbocycles. The maximum Gasteiger partial charge on any atom is 0.377 e. The van der Waals surface area contributed by atoms with Gasteiger partial charge in [0, 0.05) is 11.1 Å². The molecule has 5 heteroatoms. The monoisotopic (exact) mass is 200 g/mol. The number of carboxylic acids is 1. The summed E-state index contributed by atoms with van der Waals surface area (Å²) < 4.78 is 25.2. The average molecular weight is 200 g/mol. The van der Waals surface area contributed by atoms with Gasteiger partial charge in [-0.1, -0.05) is 12.1 Å². The molecule has 0 amide bonds. The fourth-order valence-electron chi connectivity index (χ4n) is 1.02. The molecule has 1 N–H and O–H groups in total. The molecule has 0 aromatic heterocycles. The molecule has 0 bridgehead atoms. The van der Waals surface area contributed by atoms with Crippen LogP contribution in [0.1, 0.15) is 15.9 Å². The van der Waals surface area contributed by atoms with Crippen molar-refractivity contribution in [3.8, 4) is 0 Å². The highest BCUT2D eigenvalue weighted by molar-refractivity contribution is 6.40. The highest BCUT2D eigenvalue weighted by atomic mass is 19.1. The van der Waals surface area contributed by atoms with Gasteiger partial charge in [0.25, 0.3) is 5.78 Å². The van der Waals surface area contributed by atoms with E-state index in [1.807, 2.05) is 0 Å². The summed E-state index contributed by atoms with van der Waals surface area (Å²) in [4.78, 5) is 21.2. The fourth-order valence-corrected chi connectivity index (χ4v) is 1.02. The van der Waals surface area contributed by atoms with Crippen LogP contribution in [0, 0.1) is 5.82 Å². The molecule has 0 spiro atoms. The molecule has 0 saturated heterocycles. The van der Waals surface area contributed by atoms with Crippen LogP contribution in [0.5, 0.6) is 0 Å². The molecule has 3 nitrogen and oxygen atoms in total. The number of carbonyl (C=O) groups is 2. The second-order valence-corrected chi connectivity index (χ2v) is 2.53. The molecule has 0 aliphatic rings. The molecule has 0 unspecified atom stereocenters. The highest BCUT2D eigenvalue weighted by Crippen LogP contribution is 2.15. The molecular weight excluding hydrogens is 194 g/mol. The van der Waals surface area contributed by atoms with E-state index in [1.54, 1.807) is 0 Å². The largest absolute Gasteiger partial charge is 0.475 e. The van der Waals surface area contributed by atoms with Crippen molar-refractivity contribution in [1.29, 1.82) is 0 Å². The number of hydrogen-bond acceptors (Lipinski definition) is 2. The number of ketones is 1. The number of hydrogen-bond donors (Lipinski definition) is 1. The Morgan fingerprint density at radius 3 is 2.50 bits per heavy atom. The minimum Gasteiger partial charge on any atom is -0.475 e. The van der Waals surface area contributed by atoms with E-state index in [1.165, 1.54) is 0 Å². The normalized spacial score (nSPS) is 9.86. The minimum absolute atomic E-state index is 0.444. The predicted molar refractivity (Wildman–Crippen MR) is 43.2 cm³/mol. The van der Waals surface area contributed by atoms with Gasteiger partial charge in [-0.05, 0) is 6.07 Å². The van der Waals surface area contributed by atoms with Gasteiger partial charge in [-0.2, -0.15) is 0 Å². The molecule has 14 heavy (non-hydrogen) atoms. The van der Waals surface area contributed by atoms with Gasteiger partial charge < -0.3 is 5.11 Å². The molecule has 0 atom stereocenters. The third kappa shape index (κ3) is 1.76. The summed E-state index contributed by atoms with van der Waals surface area (Å²) in [6.07, 6.45) is 0. The number of rotatable bonds is 3. The molecule has 0 radical (unpaired) electrons. The lowest BCUT2D eigenvalue weighted by atomic mass is 10.0. The molecular formula is C9H6F2O3. The van der Waals surface area contributed by atoms with Gasteiger partial charge in [-0.3, -0.25) is 4.79 Å². The van der Waals surface area contributed by atoms with Crippen molar-refractivity contribution in [2.45, 2.75) is 6.67 Å². The Labute approximate surface area is 78.0 Å². The standard InChI is InChI=1S/C9H6F2O3/c10-4-6-5(8(12)9(13)14)2-1-3-7(6)11/h1-3H,4H2,(H,13,14). The van der Waals surface area contributed by atoms with Crippen molar-refractivity contribution in [2.24, 2.45) is 0 Å². The Balaban J connectivity index is 3.27. The maximum absolute atomic E-state index is 12.9. The first-order valence-corrected chi connectivity index (χ1v) is 3.69. The lowest BCUT2D eigenvalue weighted by molar-refractivity contribution is -0.131. The highest BCUT2D eigenvalue weighted by Gasteiger charge is 2.20. The van der Waals surface area contributed by atoms with Gasteiger partial charge in [-0.15, -0.1) is 0 Å². The lowest BCUT2D eigenvalue weighted by Gasteiger charge is -2.03. The zero-order valence-electron chi connectivity index (χ0n) is 6.96. The van der Waals surface area contributed by atoms with Crippen LogP contribution in [-0.2, 0) is 11.5 Å². The number of alkyl halides is 1. The quantitative estimate of drug-likeness (QED) is 0.595. The Kier molecular flexibility index (Phi) is 2.91. The first-order valence-electron chi connectivity index (χ1n) is 3.69. The van der Waals surface area contributed by atoms with E-state index in [2.05, 4.69) is 0 Å². The van der Waals surface area contributed by atoms with Crippen LogP contribution in [0.2, 0.25) is 0 Å². The van der Waals surface area contributed by atoms with Crippen molar-refractivity contribution >= 4 is 11.8 Å². The number of benzene rings is 1. The molecule has 1 aromatic rings. The summed E-state index contributed by atoms with van der Waals surface area (Å²) >= 11 is 0. The fraction of sp³-hybridized carbons (Fsp3) is 0.111. The van der Waals surface area contributed by atoms with Crippen molar-refractivity contribution in [3.05, 3.63) is 35.1 Å². The number of Topliss-reactive ketones (excluding diaryl/α,β-unsaturated/α-hetero) is 1. The Morgan fingerprint density at radius 1 is 1.36 bits per heavy atom. The summed E-state index contributed by atoms with van der Waals surface area (Å²) in [5, 5.41) is 8.35. The summed E-state index contributed by atoms with van der Waals surface area (Å²) in [5.74, 6) is -3.96. The van der Waals surface area contributed by atoms with Crippen molar-refractivity contribution in [3.63, 3.8) is 0 Å². The Morgan fingerprint density at radius 2 is 2.00 bits per heavy atom. The van der Waals surface area contributed by atoms with Crippen LogP contribution in [0.3, 0.4) is 0 Å². The van der Waals surface area contributed by atoms with Crippen molar-refractivity contribution < 1.29 is 23.5 Å². The third-order valence-corrected chi connectivity index (χ3v) is 1.69. The lowest BCUT2D eigenvalue weighted by Crippen LogP contribution is -2.15. The van der Waals surface area contributed by atoms with E-state index in [9.17, 15) is 18.4 Å². The van der Waals surface area contributed by atoms with E-state index < -0.39 is 35.4 Å². The molecule has 0 fully saturated rings. The van der Waals surface area contributed by atoms with E-state index >= 15 is 0 Å². The van der Waals surface area contributed by atoms with E-state index in [-0.39, 0.29) is 0 Å². The first kappa shape index (κ1) is 10.3. The zero-order valence-corrected chi connectivity index (χ0v) is 6.96. The molecule has 0 heterocycles. The second-order valence-electron chi connectivity index (χ2n) is 2.53. The van der Waals surface area contributed by atoms with Gasteiger partial charge >= 0.3 is 5.97 Å². The molecule has 0 aliphatic carbocycles. The average Bonchev–Trinajstić information content (AvgIpc) is 2.16. The minimum atomic E-state index is -1.73. The van der Waals surface area contributed by atoms with Gasteiger partial charge in [0.1, 0.15) is 12.5 Å². The molecule has 0 aliphatic heterocycles. The zero-order chi connectivity index (χ0) is 10.7. The van der Waals surface area contributed by atoms with Gasteiger partial charge in [-0.25, -0.2) is 13.6 Å². The van der Waals surface area contributed by atoms with E-state index in [0.717, 1.165) is 18.2 Å². The van der Waals surface area contributed by atoms with Crippen molar-refractivity contribution in [2.75, 3.05) is 0 Å². The predicted octanol–water partition coefficient (Wildman–Crippen LogP) is 1.56.